The van der Waals surface area contributed by atoms with Crippen LogP contribution in [0.5, 0.6) is 0 Å². The third kappa shape index (κ3) is 3.66. The Morgan fingerprint density at radius 2 is 1.84 bits per heavy atom. The highest BCUT2D eigenvalue weighted by molar-refractivity contribution is 5.87. The van der Waals surface area contributed by atoms with Crippen LogP contribution in [0.4, 0.5) is 10.6 Å². The fourth-order valence-electron chi connectivity index (χ4n) is 3.19. The number of benzene rings is 1. The van der Waals surface area contributed by atoms with Gasteiger partial charge in [0, 0.05) is 16.8 Å². The molecule has 0 bridgehead atoms. The Morgan fingerprint density at radius 3 is 2.32 bits per heavy atom. The van der Waals surface area contributed by atoms with E-state index in [4.69, 9.17) is 0 Å². The summed E-state index contributed by atoms with van der Waals surface area (Å²) in [6, 6.07) is 7.63. The molecule has 1 amide bonds. The van der Waals surface area contributed by atoms with Crippen molar-refractivity contribution in [1.29, 1.82) is 0 Å². The minimum absolute atomic E-state index is 0.0138. The van der Waals surface area contributed by atoms with E-state index in [9.17, 15) is 15.0 Å². The average molecular weight is 342 g/mol. The Labute approximate surface area is 149 Å². The van der Waals surface area contributed by atoms with E-state index in [0.717, 1.165) is 33.5 Å². The lowest BCUT2D eigenvalue weighted by Crippen LogP contribution is -2.45. The van der Waals surface area contributed by atoms with Crippen LogP contribution in [-0.2, 0) is 6.61 Å². The predicted octanol–water partition coefficient (Wildman–Crippen LogP) is 4.45. The van der Waals surface area contributed by atoms with Crippen LogP contribution in [0, 0.1) is 20.8 Å². The van der Waals surface area contributed by atoms with Gasteiger partial charge in [-0.05, 0) is 69.9 Å². The zero-order valence-electron chi connectivity index (χ0n) is 15.7. The normalized spacial score (nSPS) is 11.5. The van der Waals surface area contributed by atoms with Crippen LogP contribution in [0.15, 0.2) is 24.3 Å². The van der Waals surface area contributed by atoms with E-state index in [2.05, 4.69) is 4.98 Å². The maximum atomic E-state index is 11.7. The van der Waals surface area contributed by atoms with Crippen molar-refractivity contribution in [3.63, 3.8) is 0 Å². The molecular weight excluding hydrogens is 316 g/mol. The van der Waals surface area contributed by atoms with Gasteiger partial charge in [-0.25, -0.2) is 9.78 Å². The molecule has 2 aromatic rings. The summed E-state index contributed by atoms with van der Waals surface area (Å²) in [7, 11) is 0. The van der Waals surface area contributed by atoms with E-state index in [0.29, 0.717) is 5.82 Å². The topological polar surface area (TPSA) is 73.7 Å². The van der Waals surface area contributed by atoms with Crippen molar-refractivity contribution in [3.05, 3.63) is 46.6 Å². The minimum Gasteiger partial charge on any atom is -0.465 e. The van der Waals surface area contributed by atoms with Gasteiger partial charge in [-0.15, -0.1) is 0 Å². The molecule has 0 saturated carbocycles. The van der Waals surface area contributed by atoms with Gasteiger partial charge >= 0.3 is 6.09 Å². The van der Waals surface area contributed by atoms with Crippen LogP contribution in [-0.4, -0.2) is 26.8 Å². The van der Waals surface area contributed by atoms with Crippen LogP contribution in [0.3, 0.4) is 0 Å². The van der Waals surface area contributed by atoms with Crippen molar-refractivity contribution in [2.75, 3.05) is 4.90 Å². The molecule has 0 aliphatic carbocycles. The van der Waals surface area contributed by atoms with E-state index in [-0.39, 0.29) is 6.61 Å². The zero-order chi connectivity index (χ0) is 18.9. The van der Waals surface area contributed by atoms with Crippen molar-refractivity contribution in [1.82, 2.24) is 4.98 Å². The van der Waals surface area contributed by atoms with Crippen molar-refractivity contribution in [3.8, 4) is 11.1 Å². The summed E-state index contributed by atoms with van der Waals surface area (Å²) in [6.45, 7) is 11.3. The molecule has 0 unspecified atom stereocenters. The minimum atomic E-state index is -1.02. The van der Waals surface area contributed by atoms with E-state index in [1.165, 1.54) is 4.90 Å². The van der Waals surface area contributed by atoms with Gasteiger partial charge in [-0.1, -0.05) is 18.2 Å². The number of anilines is 1. The average Bonchev–Trinajstić information content (AvgIpc) is 2.46. The van der Waals surface area contributed by atoms with E-state index < -0.39 is 11.6 Å². The molecule has 0 atom stereocenters. The summed E-state index contributed by atoms with van der Waals surface area (Å²) < 4.78 is 0. The fourth-order valence-corrected chi connectivity index (χ4v) is 3.19. The second kappa shape index (κ2) is 6.84. The number of rotatable bonds is 3. The third-order valence-electron chi connectivity index (χ3n) is 4.36. The van der Waals surface area contributed by atoms with Crippen LogP contribution in [0.1, 0.15) is 43.2 Å². The molecule has 1 heterocycles. The molecule has 25 heavy (non-hydrogen) atoms. The molecule has 0 radical (unpaired) electrons. The van der Waals surface area contributed by atoms with Crippen LogP contribution in [0.2, 0.25) is 0 Å². The van der Waals surface area contributed by atoms with Gasteiger partial charge < -0.3 is 10.2 Å². The summed E-state index contributed by atoms with van der Waals surface area (Å²) >= 11 is 0. The molecule has 0 aliphatic rings. The Hall–Kier alpha value is -2.40. The predicted molar refractivity (Wildman–Crippen MR) is 100 cm³/mol. The van der Waals surface area contributed by atoms with Crippen molar-refractivity contribution in [2.45, 2.75) is 53.7 Å². The SMILES string of the molecule is Cc1cc(N(C(=O)O)C(C)(C)C)nc(C)c1-c1cccc(CO)c1C. The van der Waals surface area contributed by atoms with E-state index in [1.807, 2.05) is 65.8 Å². The lowest BCUT2D eigenvalue weighted by molar-refractivity contribution is 0.195. The molecule has 0 spiro atoms. The van der Waals surface area contributed by atoms with Crippen molar-refractivity contribution >= 4 is 11.9 Å². The summed E-state index contributed by atoms with van der Waals surface area (Å²) in [5.74, 6) is 0.426. The van der Waals surface area contributed by atoms with Gasteiger partial charge in [0.2, 0.25) is 0 Å². The number of amides is 1. The lowest BCUT2D eigenvalue weighted by Gasteiger charge is -2.33. The molecule has 5 heteroatoms. The number of carbonyl (C=O) groups is 1. The molecule has 2 rings (SSSR count). The van der Waals surface area contributed by atoms with Crippen molar-refractivity contribution < 1.29 is 15.0 Å². The summed E-state index contributed by atoms with van der Waals surface area (Å²) in [6.07, 6.45) is -1.02. The maximum absolute atomic E-state index is 11.7. The molecule has 0 fully saturated rings. The number of carboxylic acid groups (broad SMARTS) is 1. The number of pyridine rings is 1. The fraction of sp³-hybridized carbons (Fsp3) is 0.400. The highest BCUT2D eigenvalue weighted by Gasteiger charge is 2.29. The Morgan fingerprint density at radius 1 is 1.20 bits per heavy atom. The number of aromatic nitrogens is 1. The third-order valence-corrected chi connectivity index (χ3v) is 4.36. The Balaban J connectivity index is 2.65. The Kier molecular flexibility index (Phi) is 5.18. The summed E-state index contributed by atoms with van der Waals surface area (Å²) in [5, 5.41) is 19.1. The Bertz CT molecular complexity index is 784. The number of nitrogens with zero attached hydrogens (tertiary/aromatic N) is 2. The quantitative estimate of drug-likeness (QED) is 0.864. The highest BCUT2D eigenvalue weighted by Crippen LogP contribution is 2.34. The van der Waals surface area contributed by atoms with Crippen molar-refractivity contribution in [2.24, 2.45) is 0 Å². The molecule has 1 aromatic heterocycles. The molecule has 0 aliphatic heterocycles. The summed E-state index contributed by atoms with van der Waals surface area (Å²) in [5.41, 5.74) is 5.01. The number of aliphatic hydroxyl groups is 1. The monoisotopic (exact) mass is 342 g/mol. The molecule has 134 valence electrons. The number of hydrogen-bond donors (Lipinski definition) is 2. The van der Waals surface area contributed by atoms with Crippen LogP contribution < -0.4 is 4.90 Å². The van der Waals surface area contributed by atoms with Gasteiger partial charge in [0.25, 0.3) is 0 Å². The first-order chi connectivity index (χ1) is 11.6. The maximum Gasteiger partial charge on any atom is 0.413 e. The second-order valence-corrected chi connectivity index (χ2v) is 7.29. The first-order valence-electron chi connectivity index (χ1n) is 8.29. The molecule has 5 nitrogen and oxygen atoms in total. The standard InChI is InChI=1S/C20H26N2O3/c1-12-10-17(22(19(24)25)20(4,5)6)21-14(3)18(12)16-9-7-8-15(11-23)13(16)2/h7-10,23H,11H2,1-6H3,(H,24,25). The first kappa shape index (κ1) is 18.9. The summed E-state index contributed by atoms with van der Waals surface area (Å²) in [4.78, 5) is 17.6. The van der Waals surface area contributed by atoms with Crippen LogP contribution in [0.25, 0.3) is 11.1 Å². The van der Waals surface area contributed by atoms with E-state index in [1.54, 1.807) is 0 Å². The van der Waals surface area contributed by atoms with Gasteiger partial charge in [-0.3, -0.25) is 4.90 Å². The smallest absolute Gasteiger partial charge is 0.413 e. The number of aryl methyl sites for hydroxylation is 2. The van der Waals surface area contributed by atoms with Gasteiger partial charge in [0.1, 0.15) is 5.82 Å². The van der Waals surface area contributed by atoms with Gasteiger partial charge in [0.05, 0.1) is 6.61 Å². The second-order valence-electron chi connectivity index (χ2n) is 7.29. The van der Waals surface area contributed by atoms with E-state index >= 15 is 0 Å². The molecule has 2 N–H and O–H groups in total. The zero-order valence-corrected chi connectivity index (χ0v) is 15.7. The largest absolute Gasteiger partial charge is 0.465 e. The number of aliphatic hydroxyl groups excluding tert-OH is 1. The van der Waals surface area contributed by atoms with Gasteiger partial charge in [-0.2, -0.15) is 0 Å². The molecule has 1 aromatic carbocycles. The first-order valence-corrected chi connectivity index (χ1v) is 8.29. The van der Waals surface area contributed by atoms with Crippen LogP contribution >= 0.6 is 0 Å². The van der Waals surface area contributed by atoms with Gasteiger partial charge in [0.15, 0.2) is 0 Å². The highest BCUT2D eigenvalue weighted by atomic mass is 16.4. The number of hydrogen-bond acceptors (Lipinski definition) is 3. The molecule has 0 saturated heterocycles. The molecular formula is C20H26N2O3. The lowest BCUT2D eigenvalue weighted by atomic mass is 9.92.